The Morgan fingerprint density at radius 1 is 1.14 bits per heavy atom. The van der Waals surface area contributed by atoms with Gasteiger partial charge in [-0.05, 0) is 31.0 Å². The number of rotatable bonds is 7. The first-order chi connectivity index (χ1) is 10.2. The van der Waals surface area contributed by atoms with Gasteiger partial charge in [0.2, 0.25) is 0 Å². The van der Waals surface area contributed by atoms with Crippen molar-refractivity contribution in [1.29, 1.82) is 0 Å². The normalized spacial score (nSPS) is 10.9. The lowest BCUT2D eigenvalue weighted by atomic mass is 10.2. The fraction of sp³-hybridized carbons (Fsp3) is 0.471. The summed E-state index contributed by atoms with van der Waals surface area (Å²) in [7, 11) is 4.12. The third-order valence-electron chi connectivity index (χ3n) is 3.83. The molecule has 0 amide bonds. The molecule has 0 atom stereocenters. The largest absolute Gasteiger partial charge is 0.378 e. The summed E-state index contributed by atoms with van der Waals surface area (Å²) >= 11 is 0. The highest BCUT2D eigenvalue weighted by molar-refractivity contribution is 5.69. The minimum absolute atomic E-state index is 0.507. The maximum Gasteiger partial charge on any atom is 0.0815 e. The van der Waals surface area contributed by atoms with Gasteiger partial charge in [0.05, 0.1) is 29.7 Å². The zero-order valence-corrected chi connectivity index (χ0v) is 13.5. The molecule has 0 aliphatic rings. The molecule has 0 spiro atoms. The van der Waals surface area contributed by atoms with Crippen LogP contribution in [0.1, 0.15) is 38.4 Å². The summed E-state index contributed by atoms with van der Waals surface area (Å²) in [6.45, 7) is 5.17. The van der Waals surface area contributed by atoms with Crippen LogP contribution in [0.2, 0.25) is 0 Å². The molecule has 1 N–H and O–H groups in total. The minimum atomic E-state index is 0.507. The van der Waals surface area contributed by atoms with E-state index in [0.717, 1.165) is 30.8 Å². The van der Waals surface area contributed by atoms with Gasteiger partial charge in [-0.25, -0.2) is 0 Å². The lowest BCUT2D eigenvalue weighted by Crippen LogP contribution is -2.12. The van der Waals surface area contributed by atoms with Gasteiger partial charge in [-0.1, -0.05) is 26.0 Å². The molecule has 0 saturated carbocycles. The molecule has 0 fully saturated rings. The van der Waals surface area contributed by atoms with Crippen LogP contribution in [0.5, 0.6) is 0 Å². The molecule has 0 bridgehead atoms. The van der Waals surface area contributed by atoms with Crippen molar-refractivity contribution in [2.75, 3.05) is 24.3 Å². The molecule has 0 unspecified atom stereocenters. The van der Waals surface area contributed by atoms with Gasteiger partial charge in [-0.2, -0.15) is 5.10 Å². The Kier molecular flexibility index (Phi) is 5.26. The predicted octanol–water partition coefficient (Wildman–Crippen LogP) is 3.92. The number of aromatic nitrogens is 2. The second-order valence-corrected chi connectivity index (χ2v) is 5.52. The third-order valence-corrected chi connectivity index (χ3v) is 3.83. The van der Waals surface area contributed by atoms with Gasteiger partial charge in [0, 0.05) is 20.3 Å². The summed E-state index contributed by atoms with van der Waals surface area (Å²) in [4.78, 5) is 2.12. The zero-order valence-electron chi connectivity index (χ0n) is 13.5. The Balaban J connectivity index is 2.04. The van der Waals surface area contributed by atoms with Crippen LogP contribution in [0.4, 0.5) is 11.4 Å². The number of benzene rings is 1. The van der Waals surface area contributed by atoms with E-state index in [1.807, 2.05) is 0 Å². The van der Waals surface area contributed by atoms with E-state index >= 15 is 0 Å². The molecule has 0 radical (unpaired) electrons. The van der Waals surface area contributed by atoms with Gasteiger partial charge < -0.3 is 10.2 Å². The fourth-order valence-corrected chi connectivity index (χ4v) is 2.54. The highest BCUT2D eigenvalue weighted by Gasteiger charge is 2.08. The van der Waals surface area contributed by atoms with E-state index in [0.29, 0.717) is 6.04 Å². The maximum absolute atomic E-state index is 4.68. The van der Waals surface area contributed by atoms with Gasteiger partial charge in [0.1, 0.15) is 0 Å². The van der Waals surface area contributed by atoms with Gasteiger partial charge in [0.25, 0.3) is 0 Å². The molecule has 2 rings (SSSR count). The quantitative estimate of drug-likeness (QED) is 0.837. The van der Waals surface area contributed by atoms with Gasteiger partial charge in [0.15, 0.2) is 0 Å². The van der Waals surface area contributed by atoms with E-state index in [2.05, 4.69) is 84.5 Å². The summed E-state index contributed by atoms with van der Waals surface area (Å²) in [5.74, 6) is 0. The molecule has 4 nitrogen and oxygen atoms in total. The van der Waals surface area contributed by atoms with Gasteiger partial charge in [-0.3, -0.25) is 4.68 Å². The summed E-state index contributed by atoms with van der Waals surface area (Å²) in [5.41, 5.74) is 3.41. The monoisotopic (exact) mass is 286 g/mol. The molecule has 0 aliphatic carbocycles. The zero-order chi connectivity index (χ0) is 15.2. The van der Waals surface area contributed by atoms with E-state index in [4.69, 9.17) is 0 Å². The number of hydrogen-bond donors (Lipinski definition) is 1. The molecule has 1 aromatic heterocycles. The van der Waals surface area contributed by atoms with E-state index < -0.39 is 0 Å². The number of nitrogens with zero attached hydrogens (tertiary/aromatic N) is 3. The van der Waals surface area contributed by atoms with Crippen LogP contribution < -0.4 is 10.2 Å². The third kappa shape index (κ3) is 3.78. The van der Waals surface area contributed by atoms with Crippen molar-refractivity contribution in [3.05, 3.63) is 42.2 Å². The van der Waals surface area contributed by atoms with Crippen LogP contribution in [-0.2, 0) is 6.54 Å². The molecule has 1 heterocycles. The van der Waals surface area contributed by atoms with Crippen molar-refractivity contribution in [3.8, 4) is 0 Å². The molecule has 4 heteroatoms. The van der Waals surface area contributed by atoms with Gasteiger partial charge in [-0.15, -0.1) is 0 Å². The number of anilines is 2. The first kappa shape index (κ1) is 15.4. The summed E-state index contributed by atoms with van der Waals surface area (Å²) in [5, 5.41) is 8.16. The van der Waals surface area contributed by atoms with E-state index in [-0.39, 0.29) is 0 Å². The Morgan fingerprint density at radius 3 is 2.52 bits per heavy atom. The van der Waals surface area contributed by atoms with E-state index in [9.17, 15) is 0 Å². The average Bonchev–Trinajstić information content (AvgIpc) is 2.95. The molecule has 0 aliphatic heterocycles. The van der Waals surface area contributed by atoms with E-state index in [1.54, 1.807) is 0 Å². The van der Waals surface area contributed by atoms with Crippen molar-refractivity contribution in [1.82, 2.24) is 9.78 Å². The minimum Gasteiger partial charge on any atom is -0.378 e. The summed E-state index contributed by atoms with van der Waals surface area (Å²) < 4.78 is 2.09. The molecule has 114 valence electrons. The van der Waals surface area contributed by atoms with Crippen LogP contribution in [0.3, 0.4) is 0 Å². The first-order valence-electron chi connectivity index (χ1n) is 7.70. The number of nitrogens with one attached hydrogen (secondary N) is 1. The summed E-state index contributed by atoms with van der Waals surface area (Å²) in [6.07, 6.45) is 4.33. The van der Waals surface area contributed by atoms with Crippen LogP contribution in [-0.4, -0.2) is 23.9 Å². The Hall–Kier alpha value is -1.97. The fourth-order valence-electron chi connectivity index (χ4n) is 2.54. The Bertz CT molecular complexity index is 555. The Morgan fingerprint density at radius 2 is 1.86 bits per heavy atom. The second kappa shape index (κ2) is 7.16. The number of hydrogen-bond acceptors (Lipinski definition) is 3. The smallest absolute Gasteiger partial charge is 0.0815 e. The molecule has 0 saturated heterocycles. The van der Waals surface area contributed by atoms with Gasteiger partial charge >= 0.3 is 0 Å². The van der Waals surface area contributed by atoms with Crippen molar-refractivity contribution in [2.24, 2.45) is 0 Å². The standard InChI is InChI=1S/C17H26N4/c1-5-15(6-2)21-12-11-14(19-21)13-18-16-9-7-8-10-17(16)20(3)4/h7-12,15,18H,5-6,13H2,1-4H3. The van der Waals surface area contributed by atoms with Crippen molar-refractivity contribution >= 4 is 11.4 Å². The van der Waals surface area contributed by atoms with Crippen molar-refractivity contribution in [3.63, 3.8) is 0 Å². The van der Waals surface area contributed by atoms with Crippen molar-refractivity contribution in [2.45, 2.75) is 39.3 Å². The topological polar surface area (TPSA) is 33.1 Å². The SMILES string of the molecule is CCC(CC)n1ccc(CNc2ccccc2N(C)C)n1. The molecule has 21 heavy (non-hydrogen) atoms. The lowest BCUT2D eigenvalue weighted by Gasteiger charge is -2.18. The Labute approximate surface area is 127 Å². The number of para-hydroxylation sites is 2. The highest BCUT2D eigenvalue weighted by atomic mass is 15.3. The van der Waals surface area contributed by atoms with Crippen molar-refractivity contribution < 1.29 is 0 Å². The van der Waals surface area contributed by atoms with Crippen LogP contribution in [0.15, 0.2) is 36.5 Å². The molecular formula is C17H26N4. The highest BCUT2D eigenvalue weighted by Crippen LogP contribution is 2.24. The lowest BCUT2D eigenvalue weighted by molar-refractivity contribution is 0.426. The van der Waals surface area contributed by atoms with Crippen LogP contribution in [0.25, 0.3) is 0 Å². The molecule has 1 aromatic carbocycles. The molecule has 2 aromatic rings. The maximum atomic E-state index is 4.68. The molecular weight excluding hydrogens is 260 g/mol. The van der Waals surface area contributed by atoms with Crippen LogP contribution >= 0.6 is 0 Å². The predicted molar refractivity (Wildman–Crippen MR) is 89.9 cm³/mol. The van der Waals surface area contributed by atoms with Crippen LogP contribution in [0, 0.1) is 0 Å². The first-order valence-corrected chi connectivity index (χ1v) is 7.70. The summed E-state index contributed by atoms with van der Waals surface area (Å²) in [6, 6.07) is 10.9. The van der Waals surface area contributed by atoms with E-state index in [1.165, 1.54) is 5.69 Å². The average molecular weight is 286 g/mol. The second-order valence-electron chi connectivity index (χ2n) is 5.52.